The summed E-state index contributed by atoms with van der Waals surface area (Å²) in [5, 5.41) is 3.44. The quantitative estimate of drug-likeness (QED) is 0.429. The topological polar surface area (TPSA) is 91.9 Å². The summed E-state index contributed by atoms with van der Waals surface area (Å²) < 4.78 is 4.07. The zero-order valence-electron chi connectivity index (χ0n) is 20.8. The van der Waals surface area contributed by atoms with Crippen LogP contribution >= 0.6 is 0 Å². The van der Waals surface area contributed by atoms with Crippen molar-refractivity contribution in [1.29, 1.82) is 0 Å². The first-order valence-corrected chi connectivity index (χ1v) is 12.5. The molecule has 9 heteroatoms. The summed E-state index contributed by atoms with van der Waals surface area (Å²) in [5.74, 6) is -0.705. The van der Waals surface area contributed by atoms with Gasteiger partial charge in [-0.1, -0.05) is 24.3 Å². The van der Waals surface area contributed by atoms with Crippen LogP contribution in [0.25, 0.3) is 27.7 Å². The Morgan fingerprint density at radius 3 is 2.54 bits per heavy atom. The molecule has 1 saturated heterocycles. The first kappa shape index (κ1) is 23.2. The van der Waals surface area contributed by atoms with Gasteiger partial charge in [-0.25, -0.2) is 4.98 Å². The summed E-state index contributed by atoms with van der Waals surface area (Å²) in [7, 11) is 3.56. The van der Waals surface area contributed by atoms with Crippen molar-refractivity contribution in [2.24, 2.45) is 0 Å². The molecular formula is C28H28N6O3. The Morgan fingerprint density at radius 1 is 1.03 bits per heavy atom. The Balaban J connectivity index is 1.41. The highest BCUT2D eigenvalue weighted by atomic mass is 16.2. The number of para-hydroxylation sites is 1. The van der Waals surface area contributed by atoms with Gasteiger partial charge in [0.25, 0.3) is 11.8 Å². The van der Waals surface area contributed by atoms with Crippen LogP contribution in [0.5, 0.6) is 0 Å². The second-order valence-electron chi connectivity index (χ2n) is 9.87. The summed E-state index contributed by atoms with van der Waals surface area (Å²) in [6.45, 7) is 2.07. The van der Waals surface area contributed by atoms with Crippen LogP contribution < -0.4 is 5.32 Å². The number of likely N-dealkylation sites (N-methyl/N-ethyl adjacent to an activating group) is 1. The third kappa shape index (κ3) is 3.92. The van der Waals surface area contributed by atoms with Gasteiger partial charge in [0.05, 0.1) is 29.6 Å². The summed E-state index contributed by atoms with van der Waals surface area (Å²) in [6.07, 6.45) is 7.29. The SMILES string of the molecule is CN(C)C(=O)CN1CCC(n2cc(C3=C(c4cnc5ccccn45)C(=O)NC3=O)c3ccccc32)CC1. The van der Waals surface area contributed by atoms with Crippen LogP contribution in [0.15, 0.2) is 61.1 Å². The van der Waals surface area contributed by atoms with E-state index in [0.29, 0.717) is 29.0 Å². The van der Waals surface area contributed by atoms with Crippen LogP contribution in [0.1, 0.15) is 30.1 Å². The van der Waals surface area contributed by atoms with Gasteiger partial charge in [0.15, 0.2) is 0 Å². The molecule has 4 aromatic rings. The molecule has 1 aromatic carbocycles. The average Bonchev–Trinajstić information content (AvgIpc) is 3.57. The normalized spacial score (nSPS) is 17.2. The number of likely N-dealkylation sites (tertiary alicyclic amines) is 1. The highest BCUT2D eigenvalue weighted by Crippen LogP contribution is 2.38. The summed E-state index contributed by atoms with van der Waals surface area (Å²) in [5.41, 5.74) is 3.77. The highest BCUT2D eigenvalue weighted by Gasteiger charge is 2.36. The van der Waals surface area contributed by atoms with E-state index in [9.17, 15) is 14.4 Å². The number of imidazole rings is 1. The van der Waals surface area contributed by atoms with E-state index in [0.717, 1.165) is 42.4 Å². The molecule has 9 nitrogen and oxygen atoms in total. The Morgan fingerprint density at radius 2 is 1.76 bits per heavy atom. The van der Waals surface area contributed by atoms with Gasteiger partial charge in [-0.3, -0.25) is 29.0 Å². The number of imide groups is 1. The molecule has 1 fully saturated rings. The number of aromatic nitrogens is 3. The van der Waals surface area contributed by atoms with E-state index in [-0.39, 0.29) is 11.9 Å². The van der Waals surface area contributed by atoms with E-state index in [4.69, 9.17) is 0 Å². The third-order valence-electron chi connectivity index (χ3n) is 7.42. The van der Waals surface area contributed by atoms with E-state index >= 15 is 0 Å². The van der Waals surface area contributed by atoms with Crippen molar-refractivity contribution in [2.75, 3.05) is 33.7 Å². The zero-order valence-corrected chi connectivity index (χ0v) is 20.8. The van der Waals surface area contributed by atoms with E-state index in [1.54, 1.807) is 25.2 Å². The number of nitrogens with zero attached hydrogens (tertiary/aromatic N) is 5. The van der Waals surface area contributed by atoms with Crippen LogP contribution in [0.3, 0.4) is 0 Å². The van der Waals surface area contributed by atoms with Gasteiger partial charge in [-0.2, -0.15) is 0 Å². The van der Waals surface area contributed by atoms with Crippen LogP contribution in [-0.2, 0) is 14.4 Å². The van der Waals surface area contributed by atoms with Crippen LogP contribution in [0.4, 0.5) is 0 Å². The Kier molecular flexibility index (Phi) is 5.64. The van der Waals surface area contributed by atoms with E-state index in [2.05, 4.69) is 25.8 Å². The van der Waals surface area contributed by atoms with Gasteiger partial charge in [0.1, 0.15) is 5.65 Å². The highest BCUT2D eigenvalue weighted by molar-refractivity contribution is 6.49. The maximum atomic E-state index is 13.2. The van der Waals surface area contributed by atoms with Gasteiger partial charge in [0.2, 0.25) is 5.91 Å². The van der Waals surface area contributed by atoms with Gasteiger partial charge in [-0.05, 0) is 31.0 Å². The van der Waals surface area contributed by atoms with Crippen molar-refractivity contribution >= 4 is 45.4 Å². The predicted octanol–water partition coefficient (Wildman–Crippen LogP) is 2.58. The van der Waals surface area contributed by atoms with Crippen molar-refractivity contribution in [3.63, 3.8) is 0 Å². The standard InChI is InChI=1S/C28H28N6O3/c1-31(2)24(35)17-32-13-10-18(11-14-32)34-16-20(19-7-3-4-8-21(19)34)25-26(28(37)30-27(25)36)22-15-29-23-9-5-6-12-33(22)23/h3-9,12,15-16,18H,10-11,13-14,17H2,1-2H3,(H,30,36,37). The average molecular weight is 497 g/mol. The second kappa shape index (κ2) is 9.01. The number of amides is 3. The molecule has 0 bridgehead atoms. The number of nitrogens with one attached hydrogen (secondary N) is 1. The van der Waals surface area contributed by atoms with Crippen molar-refractivity contribution < 1.29 is 14.4 Å². The number of pyridine rings is 1. The zero-order chi connectivity index (χ0) is 25.7. The van der Waals surface area contributed by atoms with Crippen molar-refractivity contribution in [3.05, 3.63) is 72.3 Å². The summed E-state index contributed by atoms with van der Waals surface area (Å²) in [6, 6.07) is 13.9. The lowest BCUT2D eigenvalue weighted by Crippen LogP contribution is -2.41. The molecule has 188 valence electrons. The van der Waals surface area contributed by atoms with Gasteiger partial charge in [-0.15, -0.1) is 0 Å². The van der Waals surface area contributed by atoms with E-state index in [1.165, 1.54) is 0 Å². The molecule has 2 aliphatic rings. The maximum Gasteiger partial charge on any atom is 0.261 e. The maximum absolute atomic E-state index is 13.2. The Bertz CT molecular complexity index is 1590. The van der Waals surface area contributed by atoms with Crippen molar-refractivity contribution in [1.82, 2.24) is 29.1 Å². The van der Waals surface area contributed by atoms with Gasteiger partial charge >= 0.3 is 0 Å². The number of benzene rings is 1. The molecule has 0 saturated carbocycles. The minimum Gasteiger partial charge on any atom is -0.348 e. The number of hydrogen-bond acceptors (Lipinski definition) is 5. The van der Waals surface area contributed by atoms with Crippen molar-refractivity contribution in [2.45, 2.75) is 18.9 Å². The molecule has 6 rings (SSSR count). The molecule has 3 amide bonds. The molecule has 37 heavy (non-hydrogen) atoms. The fourth-order valence-corrected chi connectivity index (χ4v) is 5.47. The first-order chi connectivity index (χ1) is 17.9. The largest absolute Gasteiger partial charge is 0.348 e. The summed E-state index contributed by atoms with van der Waals surface area (Å²) >= 11 is 0. The lowest BCUT2D eigenvalue weighted by atomic mass is 9.99. The number of rotatable bonds is 5. The van der Waals surface area contributed by atoms with Gasteiger partial charge < -0.3 is 9.47 Å². The number of carbonyl (C=O) groups is 3. The number of piperidine rings is 1. The number of fused-ring (bicyclic) bond motifs is 2. The molecule has 5 heterocycles. The molecule has 0 aliphatic carbocycles. The molecule has 0 radical (unpaired) electrons. The fraction of sp³-hybridized carbons (Fsp3) is 0.286. The van der Waals surface area contributed by atoms with Gasteiger partial charge in [0, 0.05) is 62.1 Å². The number of carbonyl (C=O) groups excluding carboxylic acids is 3. The lowest BCUT2D eigenvalue weighted by molar-refractivity contribution is -0.130. The molecule has 0 spiro atoms. The second-order valence-corrected chi connectivity index (χ2v) is 9.87. The molecule has 2 aliphatic heterocycles. The van der Waals surface area contributed by atoms with E-state index < -0.39 is 11.8 Å². The minimum absolute atomic E-state index is 0.107. The Hall–Kier alpha value is -4.24. The smallest absolute Gasteiger partial charge is 0.261 e. The van der Waals surface area contributed by atoms with Crippen LogP contribution in [0.2, 0.25) is 0 Å². The molecule has 3 aromatic heterocycles. The molecule has 1 N–H and O–H groups in total. The third-order valence-corrected chi connectivity index (χ3v) is 7.42. The van der Waals surface area contributed by atoms with E-state index in [1.807, 2.05) is 53.2 Å². The predicted molar refractivity (Wildman–Crippen MR) is 140 cm³/mol. The first-order valence-electron chi connectivity index (χ1n) is 12.5. The van der Waals surface area contributed by atoms with Crippen LogP contribution in [-0.4, -0.2) is 75.2 Å². The Labute approximate surface area is 214 Å². The summed E-state index contributed by atoms with van der Waals surface area (Å²) in [4.78, 5) is 46.6. The minimum atomic E-state index is -0.415. The van der Waals surface area contributed by atoms with Crippen LogP contribution in [0, 0.1) is 0 Å². The molecular weight excluding hydrogens is 468 g/mol. The van der Waals surface area contributed by atoms with Crippen molar-refractivity contribution in [3.8, 4) is 0 Å². The monoisotopic (exact) mass is 496 g/mol. The molecule has 0 atom stereocenters. The fourth-order valence-electron chi connectivity index (χ4n) is 5.47. The lowest BCUT2D eigenvalue weighted by Gasteiger charge is -2.33. The number of hydrogen-bond donors (Lipinski definition) is 1. The molecule has 0 unspecified atom stereocenters.